The molecule has 0 aliphatic carbocycles. The summed E-state index contributed by atoms with van der Waals surface area (Å²) < 4.78 is 26.6. The van der Waals surface area contributed by atoms with Gasteiger partial charge in [0, 0.05) is 24.8 Å². The minimum absolute atomic E-state index is 0.0293. The van der Waals surface area contributed by atoms with E-state index in [1.54, 1.807) is 28.6 Å². The average Bonchev–Trinajstić information content (AvgIpc) is 2.36. The lowest BCUT2D eigenvalue weighted by atomic mass is 10.3. The van der Waals surface area contributed by atoms with Gasteiger partial charge in [-0.05, 0) is 51.5 Å². The topological polar surface area (TPSA) is 49.4 Å². The summed E-state index contributed by atoms with van der Waals surface area (Å²) in [5.74, 6) is 0. The van der Waals surface area contributed by atoms with Crippen LogP contribution in [0, 0.1) is 0 Å². The van der Waals surface area contributed by atoms with Gasteiger partial charge in [-0.1, -0.05) is 6.92 Å². The summed E-state index contributed by atoms with van der Waals surface area (Å²) in [6.45, 7) is 9.17. The Bertz CT molecular complexity index is 481. The molecule has 0 amide bonds. The highest BCUT2D eigenvalue weighted by Crippen LogP contribution is 2.20. The lowest BCUT2D eigenvalue weighted by Gasteiger charge is -2.25. The summed E-state index contributed by atoms with van der Waals surface area (Å²) in [4.78, 5) is 0.358. The van der Waals surface area contributed by atoms with Gasteiger partial charge in [0.25, 0.3) is 0 Å². The summed E-state index contributed by atoms with van der Waals surface area (Å²) in [6.07, 6.45) is 0.812. The van der Waals surface area contributed by atoms with Crippen molar-refractivity contribution in [3.63, 3.8) is 0 Å². The van der Waals surface area contributed by atoms with Gasteiger partial charge in [-0.3, -0.25) is 0 Å². The van der Waals surface area contributed by atoms with E-state index in [-0.39, 0.29) is 6.04 Å². The van der Waals surface area contributed by atoms with Crippen molar-refractivity contribution in [2.24, 2.45) is 0 Å². The molecule has 0 saturated carbocycles. The van der Waals surface area contributed by atoms with Gasteiger partial charge in [0.15, 0.2) is 0 Å². The Kier molecular flexibility index (Phi) is 5.82. The second-order valence-corrected chi connectivity index (χ2v) is 6.65. The highest BCUT2D eigenvalue weighted by Gasteiger charge is 2.25. The summed E-state index contributed by atoms with van der Waals surface area (Å²) in [5, 5.41) is 3.15. The predicted octanol–water partition coefficient (Wildman–Crippen LogP) is 2.93. The summed E-state index contributed by atoms with van der Waals surface area (Å²) >= 11 is 0. The van der Waals surface area contributed by atoms with Crippen LogP contribution in [0.15, 0.2) is 29.2 Å². The van der Waals surface area contributed by atoms with Gasteiger partial charge in [0.1, 0.15) is 0 Å². The van der Waals surface area contributed by atoms with E-state index in [1.165, 1.54) is 0 Å². The Morgan fingerprint density at radius 3 is 2.16 bits per heavy atom. The molecular formula is C14H24N2O2S. The van der Waals surface area contributed by atoms with Crippen LogP contribution in [-0.2, 0) is 10.0 Å². The fraction of sp³-hybridized carbons (Fsp3) is 0.571. The number of nitrogens with one attached hydrogen (secondary N) is 1. The van der Waals surface area contributed by atoms with Gasteiger partial charge in [-0.2, -0.15) is 4.31 Å². The lowest BCUT2D eigenvalue weighted by molar-refractivity contribution is 0.354. The number of rotatable bonds is 7. The first-order valence-corrected chi connectivity index (χ1v) is 8.23. The number of hydrogen-bond donors (Lipinski definition) is 1. The Morgan fingerprint density at radius 2 is 1.74 bits per heavy atom. The first kappa shape index (κ1) is 16.0. The normalized spacial score (nSPS) is 12.1. The Morgan fingerprint density at radius 1 is 1.16 bits per heavy atom. The molecule has 0 atom stereocenters. The zero-order chi connectivity index (χ0) is 14.5. The van der Waals surface area contributed by atoms with Crippen LogP contribution in [0.4, 0.5) is 5.69 Å². The Balaban J connectivity index is 3.04. The van der Waals surface area contributed by atoms with Crippen molar-refractivity contribution in [3.8, 4) is 0 Å². The van der Waals surface area contributed by atoms with Crippen LogP contribution in [-0.4, -0.2) is 31.9 Å². The summed E-state index contributed by atoms with van der Waals surface area (Å²) in [7, 11) is -3.39. The van der Waals surface area contributed by atoms with Crippen LogP contribution in [0.2, 0.25) is 0 Å². The number of hydrogen-bond acceptors (Lipinski definition) is 3. The second kappa shape index (κ2) is 6.91. The van der Waals surface area contributed by atoms with Crippen molar-refractivity contribution in [3.05, 3.63) is 24.3 Å². The number of nitrogens with zero attached hydrogens (tertiary/aromatic N) is 1. The average molecular weight is 284 g/mol. The van der Waals surface area contributed by atoms with E-state index in [4.69, 9.17) is 0 Å². The fourth-order valence-electron chi connectivity index (χ4n) is 1.96. The summed E-state index contributed by atoms with van der Waals surface area (Å²) in [5.41, 5.74) is 0.938. The van der Waals surface area contributed by atoms with Gasteiger partial charge in [-0.25, -0.2) is 8.42 Å². The van der Waals surface area contributed by atoms with Crippen molar-refractivity contribution in [1.82, 2.24) is 4.31 Å². The van der Waals surface area contributed by atoms with E-state index in [0.717, 1.165) is 18.7 Å². The van der Waals surface area contributed by atoms with E-state index in [2.05, 4.69) is 5.32 Å². The maximum absolute atomic E-state index is 12.5. The molecule has 0 unspecified atom stereocenters. The van der Waals surface area contributed by atoms with Crippen LogP contribution in [0.5, 0.6) is 0 Å². The summed E-state index contributed by atoms with van der Waals surface area (Å²) in [6, 6.07) is 6.91. The lowest BCUT2D eigenvalue weighted by Crippen LogP contribution is -2.37. The molecule has 0 aliphatic heterocycles. The monoisotopic (exact) mass is 284 g/mol. The molecule has 5 heteroatoms. The van der Waals surface area contributed by atoms with Gasteiger partial charge in [-0.15, -0.1) is 0 Å². The SMILES string of the molecule is CCCN(C(C)C)S(=O)(=O)c1ccc(NCC)cc1. The third-order valence-corrected chi connectivity index (χ3v) is 4.95. The molecule has 19 heavy (non-hydrogen) atoms. The maximum atomic E-state index is 12.5. The molecule has 4 nitrogen and oxygen atoms in total. The van der Waals surface area contributed by atoms with Crippen molar-refractivity contribution in [2.45, 2.75) is 45.1 Å². The maximum Gasteiger partial charge on any atom is 0.243 e. The van der Waals surface area contributed by atoms with Crippen molar-refractivity contribution < 1.29 is 8.42 Å². The van der Waals surface area contributed by atoms with E-state index < -0.39 is 10.0 Å². The van der Waals surface area contributed by atoms with Gasteiger partial charge in [0.05, 0.1) is 4.90 Å². The molecule has 1 aromatic carbocycles. The third kappa shape index (κ3) is 3.94. The van der Waals surface area contributed by atoms with Gasteiger partial charge < -0.3 is 5.32 Å². The molecule has 1 aromatic rings. The molecule has 0 spiro atoms. The van der Waals surface area contributed by atoms with Gasteiger partial charge in [0.2, 0.25) is 10.0 Å². The molecule has 1 rings (SSSR count). The molecule has 1 N–H and O–H groups in total. The van der Waals surface area contributed by atoms with Crippen molar-refractivity contribution >= 4 is 15.7 Å². The molecule has 0 bridgehead atoms. The first-order chi connectivity index (χ1) is 8.93. The van der Waals surface area contributed by atoms with E-state index in [0.29, 0.717) is 11.4 Å². The van der Waals surface area contributed by atoms with E-state index >= 15 is 0 Å². The molecule has 0 fully saturated rings. The zero-order valence-electron chi connectivity index (χ0n) is 12.2. The largest absolute Gasteiger partial charge is 0.385 e. The van der Waals surface area contributed by atoms with Crippen LogP contribution >= 0.6 is 0 Å². The molecule has 0 saturated heterocycles. The van der Waals surface area contributed by atoms with Crippen molar-refractivity contribution in [1.29, 1.82) is 0 Å². The highest BCUT2D eigenvalue weighted by atomic mass is 32.2. The minimum Gasteiger partial charge on any atom is -0.385 e. The second-order valence-electron chi connectivity index (χ2n) is 4.76. The minimum atomic E-state index is -3.39. The third-order valence-electron chi connectivity index (χ3n) is 2.86. The Hall–Kier alpha value is -1.07. The molecule has 0 aliphatic rings. The number of sulfonamides is 1. The van der Waals surface area contributed by atoms with Crippen LogP contribution in [0.3, 0.4) is 0 Å². The Labute approximate surface area is 116 Å². The fourth-order valence-corrected chi connectivity index (χ4v) is 3.69. The molecule has 0 radical (unpaired) electrons. The molecule has 0 heterocycles. The van der Waals surface area contributed by atoms with Crippen LogP contribution in [0.25, 0.3) is 0 Å². The standard InChI is InChI=1S/C14H24N2O2S/c1-5-11-16(12(3)4)19(17,18)14-9-7-13(8-10-14)15-6-2/h7-10,12,15H,5-6,11H2,1-4H3. The smallest absolute Gasteiger partial charge is 0.243 e. The molecule has 108 valence electrons. The highest BCUT2D eigenvalue weighted by molar-refractivity contribution is 7.89. The predicted molar refractivity (Wildman–Crippen MR) is 79.9 cm³/mol. The first-order valence-electron chi connectivity index (χ1n) is 6.79. The van der Waals surface area contributed by atoms with E-state index in [1.807, 2.05) is 27.7 Å². The molecule has 0 aromatic heterocycles. The van der Waals surface area contributed by atoms with Crippen LogP contribution < -0.4 is 5.32 Å². The quantitative estimate of drug-likeness (QED) is 0.837. The zero-order valence-corrected chi connectivity index (χ0v) is 13.0. The van der Waals surface area contributed by atoms with Crippen molar-refractivity contribution in [2.75, 3.05) is 18.4 Å². The van der Waals surface area contributed by atoms with Crippen LogP contribution in [0.1, 0.15) is 34.1 Å². The van der Waals surface area contributed by atoms with E-state index in [9.17, 15) is 8.42 Å². The number of anilines is 1. The molecular weight excluding hydrogens is 260 g/mol. The van der Waals surface area contributed by atoms with Gasteiger partial charge >= 0.3 is 0 Å². The number of benzene rings is 1.